The summed E-state index contributed by atoms with van der Waals surface area (Å²) in [4.78, 5) is 12.1. The van der Waals surface area contributed by atoms with Crippen molar-refractivity contribution in [3.05, 3.63) is 23.3 Å². The number of hydrogen-bond acceptors (Lipinski definition) is 4. The molecule has 0 bridgehead atoms. The Bertz CT molecular complexity index is 422. The van der Waals surface area contributed by atoms with Gasteiger partial charge < -0.3 is 20.1 Å². The van der Waals surface area contributed by atoms with Gasteiger partial charge in [0.15, 0.2) is 0 Å². The zero-order chi connectivity index (χ0) is 15.0. The van der Waals surface area contributed by atoms with Crippen LogP contribution in [0.1, 0.15) is 29.3 Å². The van der Waals surface area contributed by atoms with Crippen molar-refractivity contribution in [3.63, 3.8) is 0 Å². The fraction of sp³-hybridized carbons (Fsp3) is 0.533. The van der Waals surface area contributed by atoms with E-state index in [0.717, 1.165) is 25.1 Å². The summed E-state index contributed by atoms with van der Waals surface area (Å²) >= 11 is 0. The highest BCUT2D eigenvalue weighted by atomic mass is 16.5. The molecule has 0 saturated heterocycles. The van der Waals surface area contributed by atoms with Crippen molar-refractivity contribution in [1.29, 1.82) is 0 Å². The van der Waals surface area contributed by atoms with Crippen LogP contribution in [0.25, 0.3) is 0 Å². The van der Waals surface area contributed by atoms with Crippen LogP contribution in [0.5, 0.6) is 11.5 Å². The second-order valence-corrected chi connectivity index (χ2v) is 4.51. The molecule has 0 aliphatic rings. The molecule has 1 rings (SSSR count). The van der Waals surface area contributed by atoms with Crippen molar-refractivity contribution in [2.45, 2.75) is 20.3 Å². The van der Waals surface area contributed by atoms with Gasteiger partial charge in [0, 0.05) is 24.2 Å². The Kier molecular flexibility index (Phi) is 6.87. The standard InChI is InChI=1S/C15H24N2O3/c1-5-6-16-7-8-17-15(18)12-9-13(19-3)11(2)14(10-12)20-4/h9-10,16H,5-8H2,1-4H3,(H,17,18). The Morgan fingerprint density at radius 3 is 2.20 bits per heavy atom. The Hall–Kier alpha value is -1.75. The van der Waals surface area contributed by atoms with E-state index in [-0.39, 0.29) is 5.91 Å². The van der Waals surface area contributed by atoms with Crippen LogP contribution >= 0.6 is 0 Å². The lowest BCUT2D eigenvalue weighted by molar-refractivity contribution is 0.0953. The molecule has 0 aliphatic heterocycles. The van der Waals surface area contributed by atoms with E-state index >= 15 is 0 Å². The average molecular weight is 280 g/mol. The summed E-state index contributed by atoms with van der Waals surface area (Å²) in [5, 5.41) is 6.10. The fourth-order valence-corrected chi connectivity index (χ4v) is 1.89. The molecule has 1 aromatic carbocycles. The van der Waals surface area contributed by atoms with E-state index in [9.17, 15) is 4.79 Å². The van der Waals surface area contributed by atoms with E-state index in [1.54, 1.807) is 26.4 Å². The maximum atomic E-state index is 12.1. The van der Waals surface area contributed by atoms with E-state index in [1.165, 1.54) is 0 Å². The lowest BCUT2D eigenvalue weighted by Crippen LogP contribution is -2.32. The minimum absolute atomic E-state index is 0.125. The fourth-order valence-electron chi connectivity index (χ4n) is 1.89. The van der Waals surface area contributed by atoms with Crippen molar-refractivity contribution < 1.29 is 14.3 Å². The van der Waals surface area contributed by atoms with Gasteiger partial charge in [0.05, 0.1) is 14.2 Å². The van der Waals surface area contributed by atoms with Crippen LogP contribution in [-0.4, -0.2) is 39.8 Å². The van der Waals surface area contributed by atoms with E-state index in [1.807, 2.05) is 6.92 Å². The van der Waals surface area contributed by atoms with Gasteiger partial charge in [0.25, 0.3) is 5.91 Å². The number of carbonyl (C=O) groups is 1. The van der Waals surface area contributed by atoms with Crippen LogP contribution in [-0.2, 0) is 0 Å². The van der Waals surface area contributed by atoms with Crippen molar-refractivity contribution in [2.75, 3.05) is 33.9 Å². The molecule has 1 amide bonds. The predicted molar refractivity (Wildman–Crippen MR) is 79.8 cm³/mol. The van der Waals surface area contributed by atoms with Gasteiger partial charge in [-0.3, -0.25) is 4.79 Å². The Labute approximate surface area is 120 Å². The summed E-state index contributed by atoms with van der Waals surface area (Å²) in [6.07, 6.45) is 1.08. The van der Waals surface area contributed by atoms with Crippen LogP contribution < -0.4 is 20.1 Å². The molecule has 0 unspecified atom stereocenters. The molecule has 112 valence electrons. The Balaban J connectivity index is 2.68. The molecule has 1 aromatic rings. The number of hydrogen-bond donors (Lipinski definition) is 2. The highest BCUT2D eigenvalue weighted by Gasteiger charge is 2.13. The zero-order valence-electron chi connectivity index (χ0n) is 12.7. The summed E-state index contributed by atoms with van der Waals surface area (Å²) in [6, 6.07) is 3.46. The van der Waals surface area contributed by atoms with Crippen molar-refractivity contribution >= 4 is 5.91 Å². The summed E-state index contributed by atoms with van der Waals surface area (Å²) < 4.78 is 10.5. The van der Waals surface area contributed by atoms with Crippen LogP contribution in [0.3, 0.4) is 0 Å². The minimum Gasteiger partial charge on any atom is -0.496 e. The first-order valence-corrected chi connectivity index (χ1v) is 6.85. The molecule has 20 heavy (non-hydrogen) atoms. The van der Waals surface area contributed by atoms with E-state index in [0.29, 0.717) is 23.6 Å². The molecule has 0 radical (unpaired) electrons. The normalized spacial score (nSPS) is 10.2. The van der Waals surface area contributed by atoms with Gasteiger partial charge in [-0.05, 0) is 32.0 Å². The highest BCUT2D eigenvalue weighted by Crippen LogP contribution is 2.29. The summed E-state index contributed by atoms with van der Waals surface area (Å²) in [5.41, 5.74) is 1.43. The van der Waals surface area contributed by atoms with Crippen LogP contribution in [0.2, 0.25) is 0 Å². The van der Waals surface area contributed by atoms with Gasteiger partial charge >= 0.3 is 0 Å². The second kappa shape index (κ2) is 8.43. The predicted octanol–water partition coefficient (Wildman–Crippen LogP) is 1.74. The van der Waals surface area contributed by atoms with Crippen LogP contribution in [0, 0.1) is 6.92 Å². The number of nitrogens with one attached hydrogen (secondary N) is 2. The van der Waals surface area contributed by atoms with Crippen molar-refractivity contribution in [1.82, 2.24) is 10.6 Å². The smallest absolute Gasteiger partial charge is 0.251 e. The highest BCUT2D eigenvalue weighted by molar-refractivity contribution is 5.95. The lowest BCUT2D eigenvalue weighted by Gasteiger charge is -2.12. The van der Waals surface area contributed by atoms with Crippen LogP contribution in [0.4, 0.5) is 0 Å². The summed E-state index contributed by atoms with van der Waals surface area (Å²) in [6.45, 7) is 6.32. The first-order chi connectivity index (χ1) is 9.63. The Morgan fingerprint density at radius 1 is 1.10 bits per heavy atom. The van der Waals surface area contributed by atoms with Gasteiger partial charge in [0.2, 0.25) is 0 Å². The number of methoxy groups -OCH3 is 2. The van der Waals surface area contributed by atoms with Crippen LogP contribution in [0.15, 0.2) is 12.1 Å². The molecule has 2 N–H and O–H groups in total. The monoisotopic (exact) mass is 280 g/mol. The van der Waals surface area contributed by atoms with Gasteiger partial charge in [-0.15, -0.1) is 0 Å². The van der Waals surface area contributed by atoms with E-state index in [4.69, 9.17) is 9.47 Å². The molecule has 0 aliphatic carbocycles. The number of carbonyl (C=O) groups excluding carboxylic acids is 1. The van der Waals surface area contributed by atoms with E-state index in [2.05, 4.69) is 17.6 Å². The largest absolute Gasteiger partial charge is 0.496 e. The first-order valence-electron chi connectivity index (χ1n) is 6.85. The quantitative estimate of drug-likeness (QED) is 0.712. The molecule has 0 saturated carbocycles. The molecular formula is C15H24N2O3. The molecule has 5 nitrogen and oxygen atoms in total. The number of amides is 1. The minimum atomic E-state index is -0.125. The lowest BCUT2D eigenvalue weighted by atomic mass is 10.1. The van der Waals surface area contributed by atoms with Gasteiger partial charge in [-0.1, -0.05) is 6.92 Å². The second-order valence-electron chi connectivity index (χ2n) is 4.51. The summed E-state index contributed by atoms with van der Waals surface area (Å²) in [7, 11) is 3.16. The third-order valence-electron chi connectivity index (χ3n) is 3.03. The summed E-state index contributed by atoms with van der Waals surface area (Å²) in [5.74, 6) is 1.18. The Morgan fingerprint density at radius 2 is 1.70 bits per heavy atom. The molecule has 0 heterocycles. The van der Waals surface area contributed by atoms with Crippen molar-refractivity contribution in [2.24, 2.45) is 0 Å². The molecule has 0 atom stereocenters. The third-order valence-corrected chi connectivity index (χ3v) is 3.03. The van der Waals surface area contributed by atoms with Crippen molar-refractivity contribution in [3.8, 4) is 11.5 Å². The number of benzene rings is 1. The molecule has 0 fully saturated rings. The first kappa shape index (κ1) is 16.3. The number of rotatable bonds is 8. The van der Waals surface area contributed by atoms with E-state index < -0.39 is 0 Å². The van der Waals surface area contributed by atoms with Gasteiger partial charge in [-0.2, -0.15) is 0 Å². The molecule has 0 aromatic heterocycles. The third kappa shape index (κ3) is 4.42. The maximum absolute atomic E-state index is 12.1. The SMILES string of the molecule is CCCNCCNC(=O)c1cc(OC)c(C)c(OC)c1. The molecule has 0 spiro atoms. The molecule has 5 heteroatoms. The topological polar surface area (TPSA) is 59.6 Å². The zero-order valence-corrected chi connectivity index (χ0v) is 12.7. The molecular weight excluding hydrogens is 256 g/mol. The number of ether oxygens (including phenoxy) is 2. The van der Waals surface area contributed by atoms with Gasteiger partial charge in [0.1, 0.15) is 11.5 Å². The van der Waals surface area contributed by atoms with Gasteiger partial charge in [-0.25, -0.2) is 0 Å². The average Bonchev–Trinajstić information content (AvgIpc) is 2.47. The maximum Gasteiger partial charge on any atom is 0.251 e.